The van der Waals surface area contributed by atoms with Gasteiger partial charge in [0, 0.05) is 59.5 Å². The number of alkyl halides is 12. The van der Waals surface area contributed by atoms with Gasteiger partial charge in [-0.1, -0.05) is 186 Å². The normalized spacial score (nSPS) is 15.3. The Hall–Kier alpha value is 1.66. The summed E-state index contributed by atoms with van der Waals surface area (Å²) < 4.78 is 15.0. The summed E-state index contributed by atoms with van der Waals surface area (Å²) in [7, 11) is 0. The average molecular weight is 1280 g/mol. The van der Waals surface area contributed by atoms with Crippen molar-refractivity contribution in [1.82, 2.24) is 0 Å². The number of thioether (sulfide) groups is 2. The minimum atomic E-state index is -1.64. The van der Waals surface area contributed by atoms with Gasteiger partial charge in [-0.15, -0.1) is 25.3 Å². The second-order valence-electron chi connectivity index (χ2n) is 14.4. The van der Waals surface area contributed by atoms with Gasteiger partial charge in [0.15, 0.2) is 12.6 Å². The fourth-order valence-corrected chi connectivity index (χ4v) is 8.41. The quantitative estimate of drug-likeness (QED) is 0.0276. The van der Waals surface area contributed by atoms with Crippen LogP contribution in [0.15, 0.2) is 44.6 Å². The van der Waals surface area contributed by atoms with Crippen LogP contribution in [0.4, 0.5) is 0 Å². The van der Waals surface area contributed by atoms with E-state index in [0.29, 0.717) is 55.2 Å². The number of allylic oxidation sites excluding steroid dienone is 1. The molecule has 0 aliphatic carbocycles. The summed E-state index contributed by atoms with van der Waals surface area (Å²) in [6.07, 6.45) is 4.10. The van der Waals surface area contributed by atoms with Gasteiger partial charge in [0.25, 0.3) is 0 Å². The Kier molecular flexibility index (Phi) is 39.5. The molecular formula is C41H54Cl12O11S4. The van der Waals surface area contributed by atoms with Crippen molar-refractivity contribution in [1.29, 1.82) is 0 Å². The summed E-state index contributed by atoms with van der Waals surface area (Å²) in [5, 5.41) is 8.68. The predicted molar refractivity (Wildman–Crippen MR) is 293 cm³/mol. The molecule has 0 amide bonds. The first kappa shape index (κ1) is 71.7. The van der Waals surface area contributed by atoms with E-state index in [0.717, 1.165) is 58.4 Å². The Labute approximate surface area is 478 Å². The molecule has 0 atom stereocenters. The highest BCUT2D eigenvalue weighted by molar-refractivity contribution is 8.15. The number of hydrogen-bond donors (Lipinski definition) is 3. The maximum atomic E-state index is 11.6. The van der Waals surface area contributed by atoms with E-state index in [1.165, 1.54) is 23.5 Å². The smallest absolute Gasteiger partial charge is 0.215 e. The number of halogens is 12. The molecule has 0 aromatic heterocycles. The molecule has 0 aromatic rings. The first-order valence-corrected chi connectivity index (χ1v) is 27.4. The number of ether oxygens (including phenoxy) is 4. The molecule has 2 heterocycles. The zero-order valence-corrected chi connectivity index (χ0v) is 49.9. The van der Waals surface area contributed by atoms with Gasteiger partial charge < -0.3 is 33.6 Å². The van der Waals surface area contributed by atoms with Crippen molar-refractivity contribution >= 4 is 221 Å². The molecule has 2 aliphatic rings. The Balaban J connectivity index is 0. The van der Waals surface area contributed by atoms with Crippen LogP contribution in [0.25, 0.3) is 0 Å². The van der Waals surface area contributed by atoms with Gasteiger partial charge in [0.05, 0.1) is 33.0 Å². The van der Waals surface area contributed by atoms with Crippen LogP contribution in [0.2, 0.25) is 0 Å². The van der Waals surface area contributed by atoms with E-state index in [9.17, 15) is 28.8 Å². The zero-order chi connectivity index (χ0) is 53.1. The number of carbonyl (C=O) groups is 6. The zero-order valence-electron chi connectivity index (χ0n) is 37.4. The first-order chi connectivity index (χ1) is 31.2. The van der Waals surface area contributed by atoms with Crippen LogP contribution >= 0.6 is 188 Å². The van der Waals surface area contributed by atoms with Crippen LogP contribution < -0.4 is 0 Å². The number of rotatable bonds is 24. The van der Waals surface area contributed by atoms with Crippen LogP contribution in [-0.4, -0.2) is 110 Å². The fraction of sp³-hybridized carbons (Fsp3) is 0.659. The molecule has 1 N–H and O–H groups in total. The largest absolute Gasteiger partial charge is 0.392 e. The lowest BCUT2D eigenvalue weighted by atomic mass is 10.0. The van der Waals surface area contributed by atoms with Gasteiger partial charge in [-0.25, -0.2) is 0 Å². The molecule has 0 unspecified atom stereocenters. The lowest BCUT2D eigenvalue weighted by Crippen LogP contribution is -2.27. The number of hydrogen-bond acceptors (Lipinski definition) is 13. The van der Waals surface area contributed by atoms with Gasteiger partial charge in [-0.05, 0) is 65.4 Å². The van der Waals surface area contributed by atoms with Crippen LogP contribution in [-0.2, 0) is 47.7 Å². The molecule has 0 fully saturated rings. The maximum Gasteiger partial charge on any atom is 0.215 e. The van der Waals surface area contributed by atoms with Gasteiger partial charge in [-0.3, -0.25) is 19.2 Å². The molecule has 0 radical (unpaired) electrons. The van der Waals surface area contributed by atoms with Crippen molar-refractivity contribution in [3.63, 3.8) is 0 Å². The predicted octanol–water partition coefficient (Wildman–Crippen LogP) is 13.8. The lowest BCUT2D eigenvalue weighted by molar-refractivity contribution is -0.143. The second-order valence-corrected chi connectivity index (χ2v) is 27.1. The highest BCUT2D eigenvalue weighted by Crippen LogP contribution is 2.33. The molecule has 392 valence electrons. The highest BCUT2D eigenvalue weighted by Gasteiger charge is 2.29. The first-order valence-electron chi connectivity index (χ1n) is 20.0. The van der Waals surface area contributed by atoms with Crippen molar-refractivity contribution < 1.29 is 52.8 Å². The highest BCUT2D eigenvalue weighted by atomic mass is 35.6. The standard InChI is InChI=1S/C13H18Cl6O3S.C12H16Cl6O4S.2C8H10O2S/c1-3-8(2)9(11(20)23)4-5-10(21-6-12(14,15)16)22-7-13(17,18)19;1-7(4-19)8(10(20)23)2-3-9(21-5-11(13,14)15)22-6-12(16,17)18;2*1-6-5-11-8(10)7(6)3-2-4-9/h10H,3-7H2,1-2H3,(H,20,23);9,19H,2-6H2,1H3,(H,20,23);2*4H,2-3,5H2,1H3/b9-8-;8-7-;;. The van der Waals surface area contributed by atoms with Crippen LogP contribution in [0, 0.1) is 0 Å². The fourth-order valence-electron chi connectivity index (χ4n) is 5.10. The average Bonchev–Trinajstić information content (AvgIpc) is 3.72. The number of carbonyl (C=O) groups excluding carboxylic acids is 6. The number of thiol groups is 2. The Morgan fingerprint density at radius 2 is 0.912 bits per heavy atom. The topological polar surface area (TPSA) is 160 Å². The lowest BCUT2D eigenvalue weighted by Gasteiger charge is -2.23. The molecule has 27 heteroatoms. The number of aliphatic hydroxyl groups is 1. The molecule has 2 aliphatic heterocycles. The van der Waals surface area contributed by atoms with Crippen molar-refractivity contribution in [3.8, 4) is 0 Å². The molecular weight excluding hydrogens is 1220 g/mol. The Bertz CT molecular complexity index is 1610. The minimum Gasteiger partial charge on any atom is -0.392 e. The summed E-state index contributed by atoms with van der Waals surface area (Å²) in [5.74, 6) is 1.63. The van der Waals surface area contributed by atoms with E-state index < -0.39 is 32.9 Å². The Morgan fingerprint density at radius 1 is 0.618 bits per heavy atom. The minimum absolute atomic E-state index is 0.157. The molecule has 11 nitrogen and oxygen atoms in total. The third-order valence-corrected chi connectivity index (χ3v) is 12.7. The van der Waals surface area contributed by atoms with Gasteiger partial charge in [0.1, 0.15) is 12.6 Å². The Morgan fingerprint density at radius 3 is 1.12 bits per heavy atom. The van der Waals surface area contributed by atoms with Gasteiger partial charge in [-0.2, -0.15) is 0 Å². The van der Waals surface area contributed by atoms with Crippen LogP contribution in [0.1, 0.15) is 92.4 Å². The van der Waals surface area contributed by atoms with Crippen molar-refractivity contribution in [2.75, 3.05) is 44.5 Å². The van der Waals surface area contributed by atoms with E-state index in [1.807, 2.05) is 27.7 Å². The van der Waals surface area contributed by atoms with E-state index in [-0.39, 0.29) is 61.2 Å². The molecule has 68 heavy (non-hydrogen) atoms. The van der Waals surface area contributed by atoms with E-state index in [4.69, 9.17) is 163 Å². The second kappa shape index (κ2) is 37.4. The molecule has 0 saturated carbocycles. The maximum absolute atomic E-state index is 11.6. The number of aliphatic hydroxyl groups excluding tert-OH is 1. The summed E-state index contributed by atoms with van der Waals surface area (Å²) in [6, 6.07) is 0. The van der Waals surface area contributed by atoms with Crippen molar-refractivity contribution in [2.24, 2.45) is 0 Å². The van der Waals surface area contributed by atoms with Crippen molar-refractivity contribution in [2.45, 2.75) is 120 Å². The van der Waals surface area contributed by atoms with E-state index in [2.05, 4.69) is 25.3 Å². The third kappa shape index (κ3) is 37.4. The van der Waals surface area contributed by atoms with E-state index in [1.54, 1.807) is 6.92 Å². The summed E-state index contributed by atoms with van der Waals surface area (Å²) >= 11 is 77.9. The SMILES string of the molecule is C/C(CO)=C(\CCC(OCC(Cl)(Cl)Cl)OCC(Cl)(Cl)Cl)C(=O)S.CC/C(C)=C(/CCC(OCC(Cl)(Cl)Cl)OCC(Cl)(Cl)Cl)C(=O)S.CC1=C(CCC=O)C(=O)SC1.CC1=C(CCC=O)C(=O)SC1. The van der Waals surface area contributed by atoms with Crippen LogP contribution in [0.5, 0.6) is 0 Å². The van der Waals surface area contributed by atoms with Gasteiger partial charge >= 0.3 is 0 Å². The summed E-state index contributed by atoms with van der Waals surface area (Å²) in [4.78, 5) is 65.3. The number of aldehydes is 2. The molecule has 0 bridgehead atoms. The molecule has 2 rings (SSSR count). The van der Waals surface area contributed by atoms with Gasteiger partial charge in [0.2, 0.25) is 35.6 Å². The monoisotopic (exact) mass is 1270 g/mol. The third-order valence-electron chi connectivity index (χ3n) is 8.69. The molecule has 0 aromatic carbocycles. The summed E-state index contributed by atoms with van der Waals surface area (Å²) in [6.45, 7) is 8.15. The van der Waals surface area contributed by atoms with E-state index >= 15 is 0 Å². The summed E-state index contributed by atoms with van der Waals surface area (Å²) in [5.41, 5.74) is 6.37. The molecule has 0 spiro atoms. The molecule has 0 saturated heterocycles. The van der Waals surface area contributed by atoms with Crippen molar-refractivity contribution in [3.05, 3.63) is 44.6 Å². The van der Waals surface area contributed by atoms with Crippen LogP contribution in [0.3, 0.4) is 0 Å².